The van der Waals surface area contributed by atoms with E-state index in [4.69, 9.17) is 4.74 Å². The second kappa shape index (κ2) is 18.5. The van der Waals surface area contributed by atoms with E-state index in [2.05, 4.69) is 115 Å². The molecule has 0 aliphatic carbocycles. The van der Waals surface area contributed by atoms with Crippen molar-refractivity contribution in [3.63, 3.8) is 0 Å². The van der Waals surface area contributed by atoms with Gasteiger partial charge in [-0.15, -0.1) is 0 Å². The summed E-state index contributed by atoms with van der Waals surface area (Å²) in [6.07, 6.45) is 12.1. The number of hydrogen-bond donors (Lipinski definition) is 0. The minimum atomic E-state index is 0.403. The monoisotopic (exact) mass is 574 g/mol. The van der Waals surface area contributed by atoms with E-state index >= 15 is 0 Å². The Bertz CT molecular complexity index is 768. The van der Waals surface area contributed by atoms with Gasteiger partial charge in [0.1, 0.15) is 5.75 Å². The van der Waals surface area contributed by atoms with Gasteiger partial charge in [0.05, 0.1) is 7.11 Å². The maximum atomic E-state index is 5.20. The summed E-state index contributed by atoms with van der Waals surface area (Å²) in [7, 11) is 5.97. The van der Waals surface area contributed by atoms with Crippen LogP contribution >= 0.6 is 0 Å². The van der Waals surface area contributed by atoms with Crippen molar-refractivity contribution < 1.29 is 4.74 Å². The fraction of sp³-hybridized carbons (Fsp3) is 0.838. The zero-order chi connectivity index (χ0) is 31.1. The van der Waals surface area contributed by atoms with Crippen LogP contribution in [0.3, 0.4) is 0 Å². The molecule has 3 rings (SSSR count). The second-order valence-corrected chi connectivity index (χ2v) is 16.3. The molecule has 0 aromatic heterocycles. The van der Waals surface area contributed by atoms with E-state index in [9.17, 15) is 0 Å². The quantitative estimate of drug-likeness (QED) is 0.309. The van der Waals surface area contributed by atoms with Gasteiger partial charge in [-0.2, -0.15) is 0 Å². The lowest BCUT2D eigenvalue weighted by molar-refractivity contribution is 0.111. The van der Waals surface area contributed by atoms with E-state index in [0.717, 1.165) is 18.1 Å². The molecule has 0 bridgehead atoms. The van der Waals surface area contributed by atoms with Crippen LogP contribution in [0.5, 0.6) is 5.75 Å². The van der Waals surface area contributed by atoms with Gasteiger partial charge in [-0.3, -0.25) is 4.90 Å². The summed E-state index contributed by atoms with van der Waals surface area (Å²) in [5.74, 6) is 1.88. The van der Waals surface area contributed by atoms with Crippen LogP contribution in [0.1, 0.15) is 119 Å². The summed E-state index contributed by atoms with van der Waals surface area (Å²) in [6, 6.07) is 8.49. The van der Waals surface area contributed by atoms with Gasteiger partial charge in [0.15, 0.2) is 0 Å². The molecule has 240 valence electrons. The summed E-state index contributed by atoms with van der Waals surface area (Å²) < 4.78 is 5.20. The molecule has 2 heterocycles. The number of piperidine rings is 2. The summed E-state index contributed by atoms with van der Waals surface area (Å²) >= 11 is 0. The molecule has 4 heteroatoms. The van der Waals surface area contributed by atoms with Crippen LogP contribution in [0.15, 0.2) is 24.3 Å². The van der Waals surface area contributed by atoms with Crippen molar-refractivity contribution in [2.45, 2.75) is 126 Å². The maximum Gasteiger partial charge on any atom is 0.118 e. The maximum absolute atomic E-state index is 5.20. The van der Waals surface area contributed by atoms with Crippen molar-refractivity contribution in [3.05, 3.63) is 29.8 Å². The summed E-state index contributed by atoms with van der Waals surface area (Å²) in [6.45, 7) is 28.5. The number of hydrogen-bond acceptors (Lipinski definition) is 4. The van der Waals surface area contributed by atoms with Gasteiger partial charge < -0.3 is 14.5 Å². The van der Waals surface area contributed by atoms with Crippen LogP contribution in [-0.2, 0) is 6.42 Å². The molecule has 1 aromatic rings. The molecule has 2 fully saturated rings. The van der Waals surface area contributed by atoms with Crippen molar-refractivity contribution in [1.82, 2.24) is 14.7 Å². The van der Waals surface area contributed by atoms with Crippen molar-refractivity contribution in [3.8, 4) is 5.75 Å². The predicted molar refractivity (Wildman–Crippen MR) is 182 cm³/mol. The van der Waals surface area contributed by atoms with Gasteiger partial charge >= 0.3 is 0 Å². The van der Waals surface area contributed by atoms with E-state index in [-0.39, 0.29) is 0 Å². The number of methoxy groups -OCH3 is 1. The largest absolute Gasteiger partial charge is 0.497 e. The molecule has 4 nitrogen and oxygen atoms in total. The highest BCUT2D eigenvalue weighted by Gasteiger charge is 2.24. The second-order valence-electron chi connectivity index (χ2n) is 16.3. The molecule has 0 atom stereocenters. The van der Waals surface area contributed by atoms with E-state index in [0.29, 0.717) is 16.4 Å². The molecular weight excluding hydrogens is 502 g/mol. The molecular formula is C37H71N3O. The molecule has 2 aliphatic rings. The molecule has 0 radical (unpaired) electrons. The molecule has 2 saturated heterocycles. The normalized spacial score (nSPS) is 17.9. The smallest absolute Gasteiger partial charge is 0.118 e. The van der Waals surface area contributed by atoms with E-state index < -0.39 is 0 Å². The van der Waals surface area contributed by atoms with E-state index in [1.807, 2.05) is 0 Å². The van der Waals surface area contributed by atoms with Crippen LogP contribution in [0.25, 0.3) is 0 Å². The fourth-order valence-electron chi connectivity index (χ4n) is 5.85. The Labute approximate surface area is 257 Å². The van der Waals surface area contributed by atoms with Crippen LogP contribution in [0.4, 0.5) is 0 Å². The van der Waals surface area contributed by atoms with Crippen LogP contribution in [0.2, 0.25) is 0 Å². The number of likely N-dealkylation sites (tertiary alicyclic amines) is 2. The van der Waals surface area contributed by atoms with E-state index in [1.54, 1.807) is 7.11 Å². The van der Waals surface area contributed by atoms with Gasteiger partial charge in [0.25, 0.3) is 0 Å². The molecule has 41 heavy (non-hydrogen) atoms. The Hall–Kier alpha value is -1.10. The standard InChI is InChI=1S/C19H31NO.C9H19N.C9H21N/c1-19(2,3)15-17-10-13-20(14-11-17)12-9-16-5-7-18(21-4)8-6-16;1-9(2,3)10-7-5-4-6-8-10;1-9(2,3)7-6-8-10(4)5/h5-8,17H,9-15H2,1-4H3;4-8H2,1-3H3;6-8H2,1-5H3. The van der Waals surface area contributed by atoms with Crippen LogP contribution < -0.4 is 4.74 Å². The lowest BCUT2D eigenvalue weighted by atomic mass is 9.80. The average Bonchev–Trinajstić information content (AvgIpc) is 2.87. The topological polar surface area (TPSA) is 19.0 Å². The first-order valence-electron chi connectivity index (χ1n) is 16.7. The summed E-state index contributed by atoms with van der Waals surface area (Å²) in [5.41, 5.74) is 2.81. The highest BCUT2D eigenvalue weighted by molar-refractivity contribution is 5.27. The number of rotatable bonds is 8. The molecule has 0 saturated carbocycles. The number of benzene rings is 1. The van der Waals surface area contributed by atoms with Crippen molar-refractivity contribution >= 4 is 0 Å². The van der Waals surface area contributed by atoms with Gasteiger partial charge in [0.2, 0.25) is 0 Å². The Morgan fingerprint density at radius 1 is 0.780 bits per heavy atom. The average molecular weight is 574 g/mol. The fourth-order valence-corrected chi connectivity index (χ4v) is 5.85. The molecule has 2 aliphatic heterocycles. The Morgan fingerprint density at radius 3 is 1.76 bits per heavy atom. The summed E-state index contributed by atoms with van der Waals surface area (Å²) in [5, 5.41) is 0. The lowest BCUT2D eigenvalue weighted by Crippen LogP contribution is -2.44. The Kier molecular flexibility index (Phi) is 17.1. The van der Waals surface area contributed by atoms with E-state index in [1.165, 1.54) is 96.2 Å². The molecule has 0 amide bonds. The predicted octanol–water partition coefficient (Wildman–Crippen LogP) is 9.03. The van der Waals surface area contributed by atoms with Gasteiger partial charge in [-0.25, -0.2) is 0 Å². The number of nitrogens with zero attached hydrogens (tertiary/aromatic N) is 3. The van der Waals surface area contributed by atoms with Crippen molar-refractivity contribution in [2.24, 2.45) is 16.7 Å². The first kappa shape index (κ1) is 37.9. The minimum Gasteiger partial charge on any atom is -0.497 e. The third kappa shape index (κ3) is 19.7. The van der Waals surface area contributed by atoms with Gasteiger partial charge in [-0.1, -0.05) is 60.1 Å². The number of ether oxygens (including phenoxy) is 1. The van der Waals surface area contributed by atoms with Crippen LogP contribution in [-0.4, -0.2) is 80.7 Å². The zero-order valence-electron chi connectivity index (χ0n) is 29.7. The van der Waals surface area contributed by atoms with Gasteiger partial charge in [0, 0.05) is 12.1 Å². The SMILES string of the molecule is CC(C)(C)N1CCCCC1.CN(C)CCCC(C)(C)C.COc1ccc(CCN2CCC(CC(C)(C)C)CC2)cc1. The summed E-state index contributed by atoms with van der Waals surface area (Å²) in [4.78, 5) is 7.45. The molecule has 0 unspecified atom stereocenters. The molecule has 0 spiro atoms. The highest BCUT2D eigenvalue weighted by Crippen LogP contribution is 2.31. The first-order chi connectivity index (χ1) is 19.0. The first-order valence-corrected chi connectivity index (χ1v) is 16.7. The third-order valence-corrected chi connectivity index (χ3v) is 8.32. The third-order valence-electron chi connectivity index (χ3n) is 8.32. The zero-order valence-corrected chi connectivity index (χ0v) is 29.7. The highest BCUT2D eigenvalue weighted by atomic mass is 16.5. The van der Waals surface area contributed by atoms with Crippen molar-refractivity contribution in [1.29, 1.82) is 0 Å². The Balaban J connectivity index is 0.000000351. The molecule has 0 N–H and O–H groups in total. The minimum absolute atomic E-state index is 0.403. The molecule has 1 aromatic carbocycles. The Morgan fingerprint density at radius 2 is 1.34 bits per heavy atom. The lowest BCUT2D eigenvalue weighted by Gasteiger charge is -2.38. The van der Waals surface area contributed by atoms with Crippen LogP contribution in [0, 0.1) is 16.7 Å². The van der Waals surface area contributed by atoms with Crippen molar-refractivity contribution in [2.75, 3.05) is 60.5 Å². The van der Waals surface area contributed by atoms with Gasteiger partial charge in [-0.05, 0) is 153 Å².